The Labute approximate surface area is 234 Å². The lowest BCUT2D eigenvalue weighted by Crippen LogP contribution is -2.50. The van der Waals surface area contributed by atoms with E-state index in [2.05, 4.69) is 34.9 Å². The van der Waals surface area contributed by atoms with Gasteiger partial charge in [0.2, 0.25) is 5.91 Å². The van der Waals surface area contributed by atoms with Crippen LogP contribution in [0.25, 0.3) is 11.1 Å². The zero-order valence-corrected chi connectivity index (χ0v) is 22.8. The summed E-state index contributed by atoms with van der Waals surface area (Å²) in [6.07, 6.45) is -0.212. The topological polar surface area (TPSA) is 114 Å². The minimum Gasteiger partial charge on any atom is -0.480 e. The van der Waals surface area contributed by atoms with Crippen molar-refractivity contribution in [3.05, 3.63) is 95.6 Å². The van der Waals surface area contributed by atoms with Gasteiger partial charge in [0.05, 0.1) is 12.7 Å². The van der Waals surface area contributed by atoms with E-state index in [1.165, 1.54) is 11.1 Å². The highest BCUT2D eigenvalue weighted by atomic mass is 16.5. The third-order valence-corrected chi connectivity index (χ3v) is 7.26. The molecule has 8 heteroatoms. The highest BCUT2D eigenvalue weighted by Crippen LogP contribution is 2.44. The summed E-state index contributed by atoms with van der Waals surface area (Å²) in [6.45, 7) is 4.19. The zero-order chi connectivity index (χ0) is 28.5. The van der Waals surface area contributed by atoms with Gasteiger partial charge in [-0.15, -0.1) is 0 Å². The maximum atomic E-state index is 12.7. The number of ether oxygens (including phenoxy) is 2. The largest absolute Gasteiger partial charge is 0.480 e. The van der Waals surface area contributed by atoms with Crippen LogP contribution in [0.2, 0.25) is 0 Å². The Kier molecular flexibility index (Phi) is 9.91. The number of hydrogen-bond acceptors (Lipinski definition) is 5. The highest BCUT2D eigenvalue weighted by Gasteiger charge is 2.30. The molecule has 0 heterocycles. The molecule has 4 rings (SSSR count). The van der Waals surface area contributed by atoms with Crippen molar-refractivity contribution in [2.24, 2.45) is 5.92 Å². The number of rotatable bonds is 13. The maximum absolute atomic E-state index is 12.7. The van der Waals surface area contributed by atoms with Gasteiger partial charge in [-0.05, 0) is 47.6 Å². The number of carbonyl (C=O) groups is 3. The summed E-state index contributed by atoms with van der Waals surface area (Å²) in [6, 6.07) is 24.6. The molecule has 0 radical (unpaired) electrons. The molecule has 40 heavy (non-hydrogen) atoms. The second-order valence-electron chi connectivity index (χ2n) is 10.1. The first-order valence-corrected chi connectivity index (χ1v) is 13.6. The summed E-state index contributed by atoms with van der Waals surface area (Å²) in [5, 5.41) is 15.0. The SMILES string of the molecule is CC(CCCNC(=O)OCC1c2ccccc2-c2ccccc21)C(=O)N[C@H](C(=O)O)[C@@H](C)OCc1ccccc1. The standard InChI is InChI=1S/C32H36N2O6/c1-21(30(35)34-29(31(36)37)22(2)39-19-23-12-4-3-5-13-23)11-10-18-33-32(38)40-20-28-26-16-8-6-14-24(26)25-15-7-9-17-27(25)28/h3-9,12-17,21-22,28-29H,10-11,18-20H2,1-2H3,(H,33,38)(H,34,35)(H,36,37)/t21?,22-,29+/m1/s1. The van der Waals surface area contributed by atoms with Gasteiger partial charge in [-0.25, -0.2) is 9.59 Å². The fourth-order valence-corrected chi connectivity index (χ4v) is 4.95. The average molecular weight is 545 g/mol. The zero-order valence-electron chi connectivity index (χ0n) is 22.8. The number of carboxylic acids is 1. The lowest BCUT2D eigenvalue weighted by molar-refractivity contribution is -0.147. The molecule has 0 spiro atoms. The summed E-state index contributed by atoms with van der Waals surface area (Å²) in [7, 11) is 0. The van der Waals surface area contributed by atoms with E-state index in [0.29, 0.717) is 19.4 Å². The van der Waals surface area contributed by atoms with Crippen molar-refractivity contribution < 1.29 is 29.0 Å². The third kappa shape index (κ3) is 7.27. The molecule has 3 aromatic rings. The van der Waals surface area contributed by atoms with Gasteiger partial charge in [-0.3, -0.25) is 4.79 Å². The Morgan fingerprint density at radius 3 is 2.10 bits per heavy atom. The molecule has 0 bridgehead atoms. The second-order valence-corrected chi connectivity index (χ2v) is 10.1. The molecule has 210 valence electrons. The molecule has 8 nitrogen and oxygen atoms in total. The second kappa shape index (κ2) is 13.8. The van der Waals surface area contributed by atoms with Crippen molar-refractivity contribution in [3.63, 3.8) is 0 Å². The normalized spacial score (nSPS) is 14.3. The molecule has 3 atom stereocenters. The van der Waals surface area contributed by atoms with E-state index in [4.69, 9.17) is 9.47 Å². The van der Waals surface area contributed by atoms with Crippen molar-refractivity contribution in [1.29, 1.82) is 0 Å². The predicted molar refractivity (Wildman–Crippen MR) is 152 cm³/mol. The number of aliphatic carboxylic acids is 1. The van der Waals surface area contributed by atoms with Crippen LogP contribution < -0.4 is 10.6 Å². The van der Waals surface area contributed by atoms with Crippen LogP contribution >= 0.6 is 0 Å². The van der Waals surface area contributed by atoms with Crippen molar-refractivity contribution >= 4 is 18.0 Å². The first kappa shape index (κ1) is 28.8. The van der Waals surface area contributed by atoms with Gasteiger partial charge in [-0.1, -0.05) is 85.8 Å². The number of nitrogens with one attached hydrogen (secondary N) is 2. The molecular formula is C32H36N2O6. The average Bonchev–Trinajstić information content (AvgIpc) is 3.29. The summed E-state index contributed by atoms with van der Waals surface area (Å²) < 4.78 is 11.2. The summed E-state index contributed by atoms with van der Waals surface area (Å²) in [5.74, 6) is -1.97. The van der Waals surface area contributed by atoms with Crippen LogP contribution in [0.5, 0.6) is 0 Å². The predicted octanol–water partition coefficient (Wildman–Crippen LogP) is 5.12. The number of amides is 2. The Balaban J connectivity index is 1.17. The number of carboxylic acid groups (broad SMARTS) is 1. The molecule has 1 aliphatic rings. The molecule has 0 saturated heterocycles. The molecule has 0 saturated carbocycles. The van der Waals surface area contributed by atoms with E-state index in [9.17, 15) is 19.5 Å². The van der Waals surface area contributed by atoms with Crippen LogP contribution in [0, 0.1) is 5.92 Å². The molecular weight excluding hydrogens is 508 g/mol. The molecule has 0 aliphatic heterocycles. The monoisotopic (exact) mass is 544 g/mol. The Morgan fingerprint density at radius 2 is 1.48 bits per heavy atom. The van der Waals surface area contributed by atoms with E-state index < -0.39 is 30.1 Å². The quantitative estimate of drug-likeness (QED) is 0.258. The van der Waals surface area contributed by atoms with Crippen molar-refractivity contribution in [2.45, 2.75) is 51.4 Å². The maximum Gasteiger partial charge on any atom is 0.407 e. The Bertz CT molecular complexity index is 1270. The van der Waals surface area contributed by atoms with Crippen LogP contribution in [0.1, 0.15) is 49.3 Å². The number of alkyl carbamates (subject to hydrolysis) is 1. The fourth-order valence-electron chi connectivity index (χ4n) is 4.95. The number of carbonyl (C=O) groups excluding carboxylic acids is 2. The molecule has 0 aromatic heterocycles. The van der Waals surface area contributed by atoms with Gasteiger partial charge in [0, 0.05) is 18.4 Å². The Morgan fingerprint density at radius 1 is 0.875 bits per heavy atom. The molecule has 3 N–H and O–H groups in total. The lowest BCUT2D eigenvalue weighted by atomic mass is 9.98. The molecule has 0 fully saturated rings. The van der Waals surface area contributed by atoms with Gasteiger partial charge in [0.25, 0.3) is 0 Å². The highest BCUT2D eigenvalue weighted by molar-refractivity contribution is 5.85. The fraction of sp³-hybridized carbons (Fsp3) is 0.344. The number of fused-ring (bicyclic) bond motifs is 3. The first-order valence-electron chi connectivity index (χ1n) is 13.6. The summed E-state index contributed by atoms with van der Waals surface area (Å²) in [5.41, 5.74) is 5.55. The van der Waals surface area contributed by atoms with E-state index in [-0.39, 0.29) is 25.0 Å². The summed E-state index contributed by atoms with van der Waals surface area (Å²) >= 11 is 0. The van der Waals surface area contributed by atoms with Crippen LogP contribution in [0.4, 0.5) is 4.79 Å². The first-order chi connectivity index (χ1) is 19.3. The number of hydrogen-bond donors (Lipinski definition) is 3. The van der Waals surface area contributed by atoms with Crippen LogP contribution in [0.3, 0.4) is 0 Å². The molecule has 1 unspecified atom stereocenters. The Hall–Kier alpha value is -4.17. The van der Waals surface area contributed by atoms with Crippen LogP contribution in [-0.4, -0.2) is 48.4 Å². The van der Waals surface area contributed by atoms with Crippen molar-refractivity contribution in [1.82, 2.24) is 10.6 Å². The molecule has 2 amide bonds. The van der Waals surface area contributed by atoms with Crippen molar-refractivity contribution in [3.8, 4) is 11.1 Å². The van der Waals surface area contributed by atoms with E-state index >= 15 is 0 Å². The van der Waals surface area contributed by atoms with Gasteiger partial charge in [-0.2, -0.15) is 0 Å². The third-order valence-electron chi connectivity index (χ3n) is 7.26. The van der Waals surface area contributed by atoms with Crippen LogP contribution in [0.15, 0.2) is 78.9 Å². The van der Waals surface area contributed by atoms with Crippen molar-refractivity contribution in [2.75, 3.05) is 13.2 Å². The number of benzene rings is 3. The minimum atomic E-state index is -1.17. The van der Waals surface area contributed by atoms with Crippen LogP contribution in [-0.2, 0) is 25.7 Å². The van der Waals surface area contributed by atoms with Gasteiger partial charge in [0.15, 0.2) is 6.04 Å². The smallest absolute Gasteiger partial charge is 0.407 e. The van der Waals surface area contributed by atoms with Gasteiger partial charge >= 0.3 is 12.1 Å². The van der Waals surface area contributed by atoms with Gasteiger partial charge < -0.3 is 25.2 Å². The van der Waals surface area contributed by atoms with E-state index in [1.54, 1.807) is 13.8 Å². The van der Waals surface area contributed by atoms with E-state index in [0.717, 1.165) is 16.7 Å². The molecule has 1 aliphatic carbocycles. The summed E-state index contributed by atoms with van der Waals surface area (Å²) in [4.78, 5) is 36.8. The van der Waals surface area contributed by atoms with Gasteiger partial charge in [0.1, 0.15) is 6.61 Å². The minimum absolute atomic E-state index is 0.0110. The molecule has 3 aromatic carbocycles. The lowest BCUT2D eigenvalue weighted by Gasteiger charge is -2.23. The van der Waals surface area contributed by atoms with E-state index in [1.807, 2.05) is 54.6 Å².